The zero-order valence-electron chi connectivity index (χ0n) is 13.1. The molecule has 0 saturated carbocycles. The summed E-state index contributed by atoms with van der Waals surface area (Å²) < 4.78 is 0. The van der Waals surface area contributed by atoms with Crippen LogP contribution in [0.2, 0.25) is 0 Å². The summed E-state index contributed by atoms with van der Waals surface area (Å²) in [6.45, 7) is 6.59. The third-order valence-corrected chi connectivity index (χ3v) is 4.32. The van der Waals surface area contributed by atoms with Gasteiger partial charge in [0.1, 0.15) is 0 Å². The van der Waals surface area contributed by atoms with Gasteiger partial charge in [-0.1, -0.05) is 54.1 Å². The molecule has 0 aliphatic heterocycles. The Morgan fingerprint density at radius 1 is 0.857 bits per heavy atom. The van der Waals surface area contributed by atoms with Crippen LogP contribution in [-0.4, -0.2) is 0 Å². The van der Waals surface area contributed by atoms with E-state index in [9.17, 15) is 0 Å². The molecule has 0 aromatic heterocycles. The topological polar surface area (TPSA) is 0 Å². The zero-order valence-corrected chi connectivity index (χ0v) is 13.1. The van der Waals surface area contributed by atoms with E-state index in [0.29, 0.717) is 0 Å². The maximum absolute atomic E-state index is 2.36. The van der Waals surface area contributed by atoms with Crippen LogP contribution < -0.4 is 0 Å². The highest BCUT2D eigenvalue weighted by atomic mass is 14.2. The average molecular weight is 274 g/mol. The summed E-state index contributed by atoms with van der Waals surface area (Å²) >= 11 is 0. The Hall–Kier alpha value is -2.08. The highest BCUT2D eigenvalue weighted by Crippen LogP contribution is 2.33. The largest absolute Gasteiger partial charge is 0.0839 e. The van der Waals surface area contributed by atoms with Gasteiger partial charge in [-0.3, -0.25) is 0 Å². The van der Waals surface area contributed by atoms with E-state index in [2.05, 4.69) is 75.4 Å². The first kappa shape index (κ1) is 13.9. The SMILES string of the molecule is CC1=C(c2cc(-c3cccc(C)c3)ccc2C)CCC=C1. The van der Waals surface area contributed by atoms with Crippen molar-refractivity contribution < 1.29 is 0 Å². The number of rotatable bonds is 2. The van der Waals surface area contributed by atoms with E-state index < -0.39 is 0 Å². The molecule has 0 N–H and O–H groups in total. The molecule has 1 aliphatic rings. The van der Waals surface area contributed by atoms with Crippen LogP contribution in [0.15, 0.2) is 60.2 Å². The first-order valence-corrected chi connectivity index (χ1v) is 7.69. The van der Waals surface area contributed by atoms with Crippen molar-refractivity contribution in [2.75, 3.05) is 0 Å². The highest BCUT2D eigenvalue weighted by Gasteiger charge is 2.11. The van der Waals surface area contributed by atoms with E-state index in [1.165, 1.54) is 39.0 Å². The number of allylic oxidation sites excluding steroid dienone is 4. The second-order valence-electron chi connectivity index (χ2n) is 6.00. The van der Waals surface area contributed by atoms with E-state index in [1.807, 2.05) is 0 Å². The van der Waals surface area contributed by atoms with Crippen molar-refractivity contribution in [3.63, 3.8) is 0 Å². The summed E-state index contributed by atoms with van der Waals surface area (Å²) in [6, 6.07) is 15.6. The molecule has 0 nitrogen and oxygen atoms in total. The highest BCUT2D eigenvalue weighted by molar-refractivity contribution is 5.78. The van der Waals surface area contributed by atoms with Gasteiger partial charge in [0.2, 0.25) is 0 Å². The summed E-state index contributed by atoms with van der Waals surface area (Å²) in [5.41, 5.74) is 9.63. The van der Waals surface area contributed by atoms with E-state index in [-0.39, 0.29) is 0 Å². The lowest BCUT2D eigenvalue weighted by molar-refractivity contribution is 1.03. The molecule has 0 fully saturated rings. The van der Waals surface area contributed by atoms with Crippen molar-refractivity contribution in [3.8, 4) is 11.1 Å². The quantitative estimate of drug-likeness (QED) is 0.621. The van der Waals surface area contributed by atoms with Crippen LogP contribution in [-0.2, 0) is 0 Å². The summed E-state index contributed by atoms with van der Waals surface area (Å²) in [5.74, 6) is 0. The minimum atomic E-state index is 1.15. The molecule has 0 saturated heterocycles. The minimum Gasteiger partial charge on any atom is -0.0839 e. The number of hydrogen-bond acceptors (Lipinski definition) is 0. The van der Waals surface area contributed by atoms with E-state index in [0.717, 1.165) is 12.8 Å². The van der Waals surface area contributed by atoms with E-state index >= 15 is 0 Å². The van der Waals surface area contributed by atoms with Crippen molar-refractivity contribution in [2.45, 2.75) is 33.6 Å². The summed E-state index contributed by atoms with van der Waals surface area (Å²) in [6.07, 6.45) is 6.84. The third kappa shape index (κ3) is 2.85. The lowest BCUT2D eigenvalue weighted by Crippen LogP contribution is -1.96. The van der Waals surface area contributed by atoms with Gasteiger partial charge in [-0.15, -0.1) is 0 Å². The lowest BCUT2D eigenvalue weighted by atomic mass is 9.88. The van der Waals surface area contributed by atoms with E-state index in [4.69, 9.17) is 0 Å². The molecular formula is C21H22. The molecule has 1 aliphatic carbocycles. The molecule has 3 rings (SSSR count). The molecule has 0 heterocycles. The van der Waals surface area contributed by atoms with Crippen LogP contribution in [0.5, 0.6) is 0 Å². The average Bonchev–Trinajstić information content (AvgIpc) is 2.49. The maximum atomic E-state index is 2.36. The first-order valence-electron chi connectivity index (χ1n) is 7.69. The predicted molar refractivity (Wildman–Crippen MR) is 92.3 cm³/mol. The Kier molecular flexibility index (Phi) is 3.79. The van der Waals surface area contributed by atoms with Gasteiger partial charge in [-0.05, 0) is 73.1 Å². The van der Waals surface area contributed by atoms with E-state index in [1.54, 1.807) is 0 Å². The predicted octanol–water partition coefficient (Wildman–Crippen LogP) is 6.09. The molecule has 0 radical (unpaired) electrons. The standard InChI is InChI=1S/C21H22/c1-15-7-6-9-18(13-15)19-12-11-17(3)21(14-19)20-10-5-4-8-16(20)2/h4,6-9,11-14H,5,10H2,1-3H3. The molecule has 2 aromatic rings. The fraction of sp³-hybridized carbons (Fsp3) is 0.238. The normalized spacial score (nSPS) is 14.6. The van der Waals surface area contributed by atoms with Crippen LogP contribution in [0.25, 0.3) is 16.7 Å². The molecule has 0 amide bonds. The van der Waals surface area contributed by atoms with Gasteiger partial charge in [0.05, 0.1) is 0 Å². The van der Waals surface area contributed by atoms with Gasteiger partial charge < -0.3 is 0 Å². The lowest BCUT2D eigenvalue weighted by Gasteiger charge is -2.17. The number of hydrogen-bond donors (Lipinski definition) is 0. The maximum Gasteiger partial charge on any atom is -0.0178 e. The van der Waals surface area contributed by atoms with Crippen molar-refractivity contribution in [1.29, 1.82) is 0 Å². The molecule has 0 bridgehead atoms. The fourth-order valence-corrected chi connectivity index (χ4v) is 3.08. The molecule has 106 valence electrons. The van der Waals surface area contributed by atoms with Crippen molar-refractivity contribution in [1.82, 2.24) is 0 Å². The van der Waals surface area contributed by atoms with Crippen LogP contribution in [0, 0.1) is 13.8 Å². The smallest absolute Gasteiger partial charge is 0.0178 e. The Balaban J connectivity index is 2.11. The summed E-state index contributed by atoms with van der Waals surface area (Å²) in [5, 5.41) is 0. The molecule has 21 heavy (non-hydrogen) atoms. The molecule has 0 atom stereocenters. The molecule has 2 aromatic carbocycles. The fourth-order valence-electron chi connectivity index (χ4n) is 3.08. The molecule has 0 unspecified atom stereocenters. The minimum absolute atomic E-state index is 1.15. The molecular weight excluding hydrogens is 252 g/mol. The second kappa shape index (κ2) is 5.73. The number of aryl methyl sites for hydroxylation is 2. The van der Waals surface area contributed by atoms with Crippen molar-refractivity contribution in [3.05, 3.63) is 76.9 Å². The van der Waals surface area contributed by atoms with Crippen LogP contribution in [0.1, 0.15) is 36.5 Å². The Bertz CT molecular complexity index is 729. The zero-order chi connectivity index (χ0) is 14.8. The van der Waals surface area contributed by atoms with Crippen LogP contribution in [0.4, 0.5) is 0 Å². The van der Waals surface area contributed by atoms with Gasteiger partial charge in [0.25, 0.3) is 0 Å². The first-order chi connectivity index (χ1) is 10.1. The van der Waals surface area contributed by atoms with Gasteiger partial charge in [0.15, 0.2) is 0 Å². The van der Waals surface area contributed by atoms with Gasteiger partial charge >= 0.3 is 0 Å². The second-order valence-corrected chi connectivity index (χ2v) is 6.00. The van der Waals surface area contributed by atoms with Gasteiger partial charge in [-0.2, -0.15) is 0 Å². The number of benzene rings is 2. The Morgan fingerprint density at radius 2 is 1.67 bits per heavy atom. The molecule has 0 spiro atoms. The monoisotopic (exact) mass is 274 g/mol. The van der Waals surface area contributed by atoms with Gasteiger partial charge in [0, 0.05) is 0 Å². The van der Waals surface area contributed by atoms with Crippen LogP contribution in [0.3, 0.4) is 0 Å². The molecule has 0 heteroatoms. The van der Waals surface area contributed by atoms with Crippen LogP contribution >= 0.6 is 0 Å². The van der Waals surface area contributed by atoms with Crippen molar-refractivity contribution in [2.24, 2.45) is 0 Å². The Morgan fingerprint density at radius 3 is 2.43 bits per heavy atom. The third-order valence-electron chi connectivity index (χ3n) is 4.32. The summed E-state index contributed by atoms with van der Waals surface area (Å²) in [7, 11) is 0. The van der Waals surface area contributed by atoms with Gasteiger partial charge in [-0.25, -0.2) is 0 Å². The summed E-state index contributed by atoms with van der Waals surface area (Å²) in [4.78, 5) is 0. The Labute approximate surface area is 127 Å². The van der Waals surface area contributed by atoms with Crippen molar-refractivity contribution >= 4 is 5.57 Å².